The zero-order valence-corrected chi connectivity index (χ0v) is 21.2. The Hall–Kier alpha value is -2.53. The number of aromatic nitrogens is 1. The van der Waals surface area contributed by atoms with Gasteiger partial charge in [-0.05, 0) is 61.7 Å². The van der Waals surface area contributed by atoms with Crippen molar-refractivity contribution in [3.8, 4) is 0 Å². The predicted octanol–water partition coefficient (Wildman–Crippen LogP) is 3.75. The second-order valence-corrected chi connectivity index (χ2v) is 11.3. The van der Waals surface area contributed by atoms with Crippen LogP contribution in [0.25, 0.3) is 10.2 Å². The summed E-state index contributed by atoms with van der Waals surface area (Å²) in [5.74, 6) is -1.03. The van der Waals surface area contributed by atoms with Crippen LogP contribution in [-0.4, -0.2) is 49.4 Å². The predicted molar refractivity (Wildman–Crippen MR) is 131 cm³/mol. The van der Waals surface area contributed by atoms with Gasteiger partial charge in [-0.2, -0.15) is 9.30 Å². The highest BCUT2D eigenvalue weighted by atomic mass is 35.5. The summed E-state index contributed by atoms with van der Waals surface area (Å²) in [6, 6.07) is 9.36. The third-order valence-electron chi connectivity index (χ3n) is 5.80. The first-order valence-electron chi connectivity index (χ1n) is 10.8. The molecule has 0 radical (unpaired) electrons. The number of hydrogen-bond acceptors (Lipinski definition) is 6. The Labute approximate surface area is 206 Å². The summed E-state index contributed by atoms with van der Waals surface area (Å²) >= 11 is 7.53. The molecular formula is C23H24ClN3O5S2. The second-order valence-electron chi connectivity index (χ2n) is 7.97. The van der Waals surface area contributed by atoms with Crippen LogP contribution in [-0.2, 0) is 26.1 Å². The van der Waals surface area contributed by atoms with Gasteiger partial charge in [0.1, 0.15) is 6.54 Å². The molecule has 34 heavy (non-hydrogen) atoms. The van der Waals surface area contributed by atoms with Gasteiger partial charge in [-0.15, -0.1) is 0 Å². The smallest absolute Gasteiger partial charge is 0.325 e. The van der Waals surface area contributed by atoms with Crippen LogP contribution >= 0.6 is 22.9 Å². The Balaban J connectivity index is 1.70. The minimum Gasteiger partial charge on any atom is -0.468 e. The number of sulfonamides is 1. The van der Waals surface area contributed by atoms with Crippen molar-refractivity contribution in [1.82, 2.24) is 8.87 Å². The standard InChI is InChI=1S/C23H24ClN3O5S2/c1-15-18(24)10-11-19-21(15)27(14-20(28)32-2)23(33-19)25-22(29)16-6-8-17(9-7-16)34(30,31)26-12-4-3-5-13-26/h6-11H,3-5,12-14H2,1-2H3. The molecule has 1 saturated heterocycles. The van der Waals surface area contributed by atoms with Crippen LogP contribution in [0.4, 0.5) is 0 Å². The van der Waals surface area contributed by atoms with Crippen LogP contribution in [0.2, 0.25) is 5.02 Å². The van der Waals surface area contributed by atoms with Gasteiger partial charge in [-0.25, -0.2) is 8.42 Å². The first kappa shape index (κ1) is 24.6. The van der Waals surface area contributed by atoms with Gasteiger partial charge in [0, 0.05) is 23.7 Å². The molecule has 0 atom stereocenters. The van der Waals surface area contributed by atoms with Gasteiger partial charge in [0.05, 0.1) is 22.2 Å². The van der Waals surface area contributed by atoms with Crippen LogP contribution in [0.15, 0.2) is 46.3 Å². The van der Waals surface area contributed by atoms with Crippen molar-refractivity contribution in [2.24, 2.45) is 4.99 Å². The fraction of sp³-hybridized carbons (Fsp3) is 0.348. The van der Waals surface area contributed by atoms with E-state index in [2.05, 4.69) is 4.99 Å². The molecule has 0 bridgehead atoms. The minimum atomic E-state index is -3.59. The molecule has 3 aromatic rings. The highest BCUT2D eigenvalue weighted by Gasteiger charge is 2.26. The average molecular weight is 522 g/mol. The molecule has 1 aliphatic rings. The van der Waals surface area contributed by atoms with E-state index in [-0.39, 0.29) is 17.0 Å². The van der Waals surface area contributed by atoms with Crippen molar-refractivity contribution in [3.63, 3.8) is 0 Å². The Morgan fingerprint density at radius 2 is 1.76 bits per heavy atom. The third-order valence-corrected chi connectivity index (χ3v) is 9.16. The highest BCUT2D eigenvalue weighted by molar-refractivity contribution is 7.89. The van der Waals surface area contributed by atoms with Crippen LogP contribution in [0, 0.1) is 6.92 Å². The van der Waals surface area contributed by atoms with Gasteiger partial charge < -0.3 is 9.30 Å². The molecule has 1 aromatic heterocycles. The lowest BCUT2D eigenvalue weighted by Gasteiger charge is -2.25. The van der Waals surface area contributed by atoms with Crippen molar-refractivity contribution in [2.75, 3.05) is 20.2 Å². The number of carbonyl (C=O) groups excluding carboxylic acids is 2. The molecule has 180 valence electrons. The Morgan fingerprint density at radius 3 is 2.41 bits per heavy atom. The summed E-state index contributed by atoms with van der Waals surface area (Å²) in [5, 5.41) is 0.535. The first-order valence-corrected chi connectivity index (χ1v) is 13.4. The zero-order chi connectivity index (χ0) is 24.5. The number of amides is 1. The van der Waals surface area contributed by atoms with Crippen molar-refractivity contribution >= 4 is 55.1 Å². The lowest BCUT2D eigenvalue weighted by molar-refractivity contribution is -0.141. The van der Waals surface area contributed by atoms with Gasteiger partial charge in [-0.3, -0.25) is 9.59 Å². The SMILES string of the molecule is COC(=O)Cn1c(=NC(=O)c2ccc(S(=O)(=O)N3CCCCC3)cc2)sc2ccc(Cl)c(C)c21. The first-order chi connectivity index (χ1) is 16.2. The van der Waals surface area contributed by atoms with Crippen molar-refractivity contribution in [3.05, 3.63) is 57.3 Å². The lowest BCUT2D eigenvalue weighted by atomic mass is 10.2. The van der Waals surface area contributed by atoms with E-state index in [1.165, 1.54) is 47.0 Å². The molecule has 1 amide bonds. The number of halogens is 1. The average Bonchev–Trinajstić information content (AvgIpc) is 3.19. The molecule has 2 heterocycles. The highest BCUT2D eigenvalue weighted by Crippen LogP contribution is 2.27. The fourth-order valence-electron chi connectivity index (χ4n) is 3.92. The number of aryl methyl sites for hydroxylation is 1. The van der Waals surface area contributed by atoms with Crippen molar-refractivity contribution in [1.29, 1.82) is 0 Å². The second kappa shape index (κ2) is 9.99. The zero-order valence-electron chi connectivity index (χ0n) is 18.8. The van der Waals surface area contributed by atoms with E-state index in [4.69, 9.17) is 16.3 Å². The Kier molecular flexibility index (Phi) is 7.22. The van der Waals surface area contributed by atoms with Gasteiger partial charge in [0.25, 0.3) is 5.91 Å². The monoisotopic (exact) mass is 521 g/mol. The maximum Gasteiger partial charge on any atom is 0.325 e. The number of fused-ring (bicyclic) bond motifs is 1. The van der Waals surface area contributed by atoms with E-state index in [0.29, 0.717) is 28.4 Å². The van der Waals surface area contributed by atoms with Crippen molar-refractivity contribution < 1.29 is 22.7 Å². The molecule has 8 nitrogen and oxygen atoms in total. The molecular weight excluding hydrogens is 498 g/mol. The van der Waals surface area contributed by atoms with E-state index in [1.807, 2.05) is 13.0 Å². The van der Waals surface area contributed by atoms with Crippen LogP contribution < -0.4 is 4.80 Å². The minimum absolute atomic E-state index is 0.128. The molecule has 0 saturated carbocycles. The largest absolute Gasteiger partial charge is 0.468 e. The maximum absolute atomic E-state index is 12.9. The van der Waals surface area contributed by atoms with Gasteiger partial charge in [0.2, 0.25) is 10.0 Å². The third kappa shape index (κ3) is 4.81. The molecule has 4 rings (SSSR count). The number of carbonyl (C=O) groups is 2. The van der Waals surface area contributed by atoms with E-state index < -0.39 is 21.9 Å². The quantitative estimate of drug-likeness (QED) is 0.476. The Bertz CT molecular complexity index is 1420. The van der Waals surface area contributed by atoms with E-state index in [9.17, 15) is 18.0 Å². The normalized spacial score (nSPS) is 15.6. The number of esters is 1. The summed E-state index contributed by atoms with van der Waals surface area (Å²) in [6.07, 6.45) is 2.72. The number of hydrogen-bond donors (Lipinski definition) is 0. The van der Waals surface area contributed by atoms with E-state index >= 15 is 0 Å². The molecule has 0 unspecified atom stereocenters. The van der Waals surface area contributed by atoms with Crippen molar-refractivity contribution in [2.45, 2.75) is 37.6 Å². The molecule has 11 heteroatoms. The molecule has 0 N–H and O–H groups in total. The summed E-state index contributed by atoms with van der Waals surface area (Å²) in [6.45, 7) is 2.72. The fourth-order valence-corrected chi connectivity index (χ4v) is 6.67. The number of methoxy groups -OCH3 is 1. The summed E-state index contributed by atoms with van der Waals surface area (Å²) in [4.78, 5) is 29.7. The molecule has 0 spiro atoms. The summed E-state index contributed by atoms with van der Waals surface area (Å²) in [7, 11) is -2.30. The number of piperidine rings is 1. The summed E-state index contributed by atoms with van der Waals surface area (Å²) < 4.78 is 34.4. The molecule has 0 aliphatic carbocycles. The van der Waals surface area contributed by atoms with Gasteiger partial charge in [0.15, 0.2) is 4.80 Å². The maximum atomic E-state index is 12.9. The van der Waals surface area contributed by atoms with E-state index in [1.54, 1.807) is 10.6 Å². The lowest BCUT2D eigenvalue weighted by Crippen LogP contribution is -2.35. The van der Waals surface area contributed by atoms with Crippen LogP contribution in [0.3, 0.4) is 0 Å². The number of benzene rings is 2. The van der Waals surface area contributed by atoms with Gasteiger partial charge >= 0.3 is 5.97 Å². The van der Waals surface area contributed by atoms with Crippen LogP contribution in [0.1, 0.15) is 35.2 Å². The number of rotatable bonds is 5. The molecule has 2 aromatic carbocycles. The van der Waals surface area contributed by atoms with E-state index in [0.717, 1.165) is 29.5 Å². The molecule has 1 aliphatic heterocycles. The number of ether oxygens (including phenoxy) is 1. The topological polar surface area (TPSA) is 98.0 Å². The number of nitrogens with zero attached hydrogens (tertiary/aromatic N) is 3. The number of thiazole rings is 1. The summed E-state index contributed by atoms with van der Waals surface area (Å²) in [5.41, 5.74) is 1.72. The van der Waals surface area contributed by atoms with Gasteiger partial charge in [-0.1, -0.05) is 29.4 Å². The van der Waals surface area contributed by atoms with Crippen LogP contribution in [0.5, 0.6) is 0 Å². The Morgan fingerprint density at radius 1 is 1.09 bits per heavy atom. The molecule has 1 fully saturated rings.